The van der Waals surface area contributed by atoms with E-state index in [2.05, 4.69) is 0 Å². The summed E-state index contributed by atoms with van der Waals surface area (Å²) in [4.78, 5) is 11.1. The SMILES string of the molecule is CCCCC(=O)OC(O)COCCOCC. The van der Waals surface area contributed by atoms with Crippen LogP contribution in [0.4, 0.5) is 0 Å². The number of carbonyl (C=O) groups excluding carboxylic acids is 1. The number of esters is 1. The number of aliphatic hydroxyl groups excluding tert-OH is 1. The van der Waals surface area contributed by atoms with Crippen molar-refractivity contribution in [2.45, 2.75) is 39.4 Å². The van der Waals surface area contributed by atoms with Crippen molar-refractivity contribution < 1.29 is 24.1 Å². The number of unbranched alkanes of at least 4 members (excludes halogenated alkanes) is 1. The van der Waals surface area contributed by atoms with Crippen molar-refractivity contribution in [1.29, 1.82) is 0 Å². The van der Waals surface area contributed by atoms with Crippen LogP contribution < -0.4 is 0 Å². The third-order valence-electron chi connectivity index (χ3n) is 1.84. The predicted molar refractivity (Wildman–Crippen MR) is 58.9 cm³/mol. The van der Waals surface area contributed by atoms with Crippen molar-refractivity contribution in [2.24, 2.45) is 0 Å². The van der Waals surface area contributed by atoms with Gasteiger partial charge in [0, 0.05) is 13.0 Å². The molecule has 16 heavy (non-hydrogen) atoms. The van der Waals surface area contributed by atoms with E-state index in [4.69, 9.17) is 14.2 Å². The quantitative estimate of drug-likeness (QED) is 0.348. The summed E-state index contributed by atoms with van der Waals surface area (Å²) in [5.41, 5.74) is 0. The van der Waals surface area contributed by atoms with Crippen LogP contribution in [-0.4, -0.2) is 43.8 Å². The van der Waals surface area contributed by atoms with Gasteiger partial charge in [0.25, 0.3) is 0 Å². The van der Waals surface area contributed by atoms with E-state index in [-0.39, 0.29) is 12.6 Å². The van der Waals surface area contributed by atoms with Gasteiger partial charge in [0.15, 0.2) is 0 Å². The third-order valence-corrected chi connectivity index (χ3v) is 1.84. The van der Waals surface area contributed by atoms with E-state index in [0.29, 0.717) is 26.2 Å². The van der Waals surface area contributed by atoms with Crippen LogP contribution in [0.3, 0.4) is 0 Å². The highest BCUT2D eigenvalue weighted by Crippen LogP contribution is 1.99. The Morgan fingerprint density at radius 1 is 1.25 bits per heavy atom. The molecular formula is C11H22O5. The van der Waals surface area contributed by atoms with Crippen LogP contribution in [0.15, 0.2) is 0 Å². The van der Waals surface area contributed by atoms with Crippen molar-refractivity contribution in [3.8, 4) is 0 Å². The van der Waals surface area contributed by atoms with E-state index in [1.807, 2.05) is 13.8 Å². The van der Waals surface area contributed by atoms with Crippen molar-refractivity contribution >= 4 is 5.97 Å². The predicted octanol–water partition coefficient (Wildman–Crippen LogP) is 1.09. The lowest BCUT2D eigenvalue weighted by atomic mass is 10.2. The molecule has 0 rings (SSSR count). The molecule has 0 aliphatic rings. The highest BCUT2D eigenvalue weighted by atomic mass is 16.7. The average molecular weight is 234 g/mol. The Morgan fingerprint density at radius 3 is 2.56 bits per heavy atom. The summed E-state index contributed by atoms with van der Waals surface area (Å²) in [7, 11) is 0. The van der Waals surface area contributed by atoms with Crippen LogP contribution >= 0.6 is 0 Å². The topological polar surface area (TPSA) is 65.0 Å². The van der Waals surface area contributed by atoms with Gasteiger partial charge in [0.1, 0.15) is 6.61 Å². The van der Waals surface area contributed by atoms with Gasteiger partial charge in [0.05, 0.1) is 13.2 Å². The van der Waals surface area contributed by atoms with Gasteiger partial charge in [-0.1, -0.05) is 13.3 Å². The van der Waals surface area contributed by atoms with Gasteiger partial charge in [-0.15, -0.1) is 0 Å². The molecule has 0 saturated carbocycles. The number of carbonyl (C=O) groups is 1. The lowest BCUT2D eigenvalue weighted by molar-refractivity contribution is -0.177. The molecule has 0 amide bonds. The summed E-state index contributed by atoms with van der Waals surface area (Å²) in [5, 5.41) is 9.27. The molecule has 96 valence electrons. The molecule has 0 spiro atoms. The van der Waals surface area contributed by atoms with Gasteiger partial charge >= 0.3 is 5.97 Å². The van der Waals surface area contributed by atoms with Gasteiger partial charge in [-0.3, -0.25) is 4.79 Å². The standard InChI is InChI=1S/C11H22O5/c1-3-5-6-10(12)16-11(13)9-15-8-7-14-4-2/h11,13H,3-9H2,1-2H3. The Bertz CT molecular complexity index is 172. The first-order chi connectivity index (χ1) is 7.70. The fraction of sp³-hybridized carbons (Fsp3) is 0.909. The summed E-state index contributed by atoms with van der Waals surface area (Å²) in [6.45, 7) is 5.37. The van der Waals surface area contributed by atoms with E-state index in [1.54, 1.807) is 0 Å². The van der Waals surface area contributed by atoms with Crippen LogP contribution in [0.2, 0.25) is 0 Å². The van der Waals surface area contributed by atoms with Crippen molar-refractivity contribution in [1.82, 2.24) is 0 Å². The van der Waals surface area contributed by atoms with E-state index >= 15 is 0 Å². The minimum atomic E-state index is -1.18. The van der Waals surface area contributed by atoms with Crippen LogP contribution in [0.5, 0.6) is 0 Å². The summed E-state index contributed by atoms with van der Waals surface area (Å²) >= 11 is 0. The average Bonchev–Trinajstić information content (AvgIpc) is 2.26. The molecule has 0 aliphatic heterocycles. The number of ether oxygens (including phenoxy) is 3. The van der Waals surface area contributed by atoms with Crippen LogP contribution in [-0.2, 0) is 19.0 Å². The fourth-order valence-corrected chi connectivity index (χ4v) is 1.01. The van der Waals surface area contributed by atoms with Crippen LogP contribution in [0.1, 0.15) is 33.1 Å². The second-order valence-electron chi connectivity index (χ2n) is 3.32. The molecule has 0 fully saturated rings. The summed E-state index contributed by atoms with van der Waals surface area (Å²) in [6, 6.07) is 0. The Kier molecular flexibility index (Phi) is 10.4. The molecule has 0 aliphatic carbocycles. The molecule has 0 saturated heterocycles. The molecule has 5 nitrogen and oxygen atoms in total. The Morgan fingerprint density at radius 2 is 1.94 bits per heavy atom. The first kappa shape index (κ1) is 15.3. The van der Waals surface area contributed by atoms with E-state index in [0.717, 1.165) is 12.8 Å². The monoisotopic (exact) mass is 234 g/mol. The molecule has 0 heterocycles. The molecule has 1 N–H and O–H groups in total. The van der Waals surface area contributed by atoms with Crippen molar-refractivity contribution in [3.05, 3.63) is 0 Å². The van der Waals surface area contributed by atoms with E-state index < -0.39 is 6.29 Å². The summed E-state index contributed by atoms with van der Waals surface area (Å²) < 4.78 is 14.8. The maximum atomic E-state index is 11.1. The van der Waals surface area contributed by atoms with Gasteiger partial charge < -0.3 is 19.3 Å². The van der Waals surface area contributed by atoms with Gasteiger partial charge in [-0.25, -0.2) is 0 Å². The summed E-state index contributed by atoms with van der Waals surface area (Å²) in [5.74, 6) is -0.386. The highest BCUT2D eigenvalue weighted by Gasteiger charge is 2.10. The normalized spacial score (nSPS) is 12.4. The minimum absolute atomic E-state index is 0.00899. The Labute approximate surface area is 96.7 Å². The molecule has 1 unspecified atom stereocenters. The van der Waals surface area contributed by atoms with Gasteiger partial charge in [-0.2, -0.15) is 0 Å². The van der Waals surface area contributed by atoms with Crippen molar-refractivity contribution in [3.63, 3.8) is 0 Å². The lowest BCUT2D eigenvalue weighted by Crippen LogP contribution is -2.23. The third kappa shape index (κ3) is 9.89. The smallest absolute Gasteiger partial charge is 0.308 e. The van der Waals surface area contributed by atoms with Gasteiger partial charge in [0.2, 0.25) is 6.29 Å². The molecule has 5 heteroatoms. The Hall–Kier alpha value is -0.650. The van der Waals surface area contributed by atoms with E-state index in [9.17, 15) is 9.90 Å². The molecule has 0 aromatic heterocycles. The van der Waals surface area contributed by atoms with Crippen LogP contribution in [0.25, 0.3) is 0 Å². The molecule has 0 bridgehead atoms. The van der Waals surface area contributed by atoms with Crippen molar-refractivity contribution in [2.75, 3.05) is 26.4 Å². The second-order valence-corrected chi connectivity index (χ2v) is 3.32. The lowest BCUT2D eigenvalue weighted by Gasteiger charge is -2.12. The zero-order valence-corrected chi connectivity index (χ0v) is 10.1. The number of rotatable bonds is 10. The number of aliphatic hydroxyl groups is 1. The molecule has 0 aromatic rings. The summed E-state index contributed by atoms with van der Waals surface area (Å²) in [6.07, 6.45) is 0.866. The zero-order valence-electron chi connectivity index (χ0n) is 10.1. The van der Waals surface area contributed by atoms with Crippen LogP contribution in [0, 0.1) is 0 Å². The zero-order chi connectivity index (χ0) is 12.2. The Balaban J connectivity index is 3.35. The minimum Gasteiger partial charge on any atom is -0.433 e. The van der Waals surface area contributed by atoms with E-state index in [1.165, 1.54) is 0 Å². The number of hydrogen-bond acceptors (Lipinski definition) is 5. The number of hydrogen-bond donors (Lipinski definition) is 1. The second kappa shape index (κ2) is 10.9. The molecular weight excluding hydrogens is 212 g/mol. The van der Waals surface area contributed by atoms with Gasteiger partial charge in [-0.05, 0) is 13.3 Å². The first-order valence-electron chi connectivity index (χ1n) is 5.73. The maximum Gasteiger partial charge on any atom is 0.308 e. The molecule has 0 radical (unpaired) electrons. The highest BCUT2D eigenvalue weighted by molar-refractivity contribution is 5.69. The molecule has 1 atom stereocenters. The first-order valence-corrected chi connectivity index (χ1v) is 5.73. The molecule has 0 aromatic carbocycles. The maximum absolute atomic E-state index is 11.1. The largest absolute Gasteiger partial charge is 0.433 e. The fourth-order valence-electron chi connectivity index (χ4n) is 1.01.